The average Bonchev–Trinajstić information content (AvgIpc) is 2.87. The molecule has 0 atom stereocenters. The van der Waals surface area contributed by atoms with Gasteiger partial charge in [0.1, 0.15) is 6.54 Å². The summed E-state index contributed by atoms with van der Waals surface area (Å²) in [4.78, 5) is 31.9. The maximum absolute atomic E-state index is 12.1. The van der Waals surface area contributed by atoms with Crippen LogP contribution in [0, 0.1) is 0 Å². The third-order valence-corrected chi connectivity index (χ3v) is 5.16. The summed E-state index contributed by atoms with van der Waals surface area (Å²) in [5.74, 6) is 0.983. The predicted molar refractivity (Wildman–Crippen MR) is 124 cm³/mol. The lowest BCUT2D eigenvalue weighted by molar-refractivity contribution is -0.115. The zero-order valence-electron chi connectivity index (χ0n) is 18.6. The fourth-order valence-corrected chi connectivity index (χ4v) is 3.57. The van der Waals surface area contributed by atoms with Gasteiger partial charge < -0.3 is 15.1 Å². The number of hydrogen-bond acceptors (Lipinski definition) is 8. The van der Waals surface area contributed by atoms with Crippen LogP contribution in [0.2, 0.25) is 0 Å². The molecule has 4 rings (SSSR count). The Morgan fingerprint density at radius 1 is 1.03 bits per heavy atom. The van der Waals surface area contributed by atoms with Gasteiger partial charge in [-0.05, 0) is 64.2 Å². The van der Waals surface area contributed by atoms with E-state index >= 15 is 0 Å². The number of benzene rings is 1. The van der Waals surface area contributed by atoms with Gasteiger partial charge in [-0.3, -0.25) is 9.63 Å². The second-order valence-electron chi connectivity index (χ2n) is 8.97. The summed E-state index contributed by atoms with van der Waals surface area (Å²) < 4.78 is 0. The van der Waals surface area contributed by atoms with Gasteiger partial charge in [0.05, 0.1) is 5.60 Å². The lowest BCUT2D eigenvalue weighted by atomic mass is 10.2. The molecule has 0 spiro atoms. The molecule has 1 aromatic carbocycles. The molecule has 1 aromatic heterocycles. The van der Waals surface area contributed by atoms with E-state index in [2.05, 4.69) is 44.3 Å². The van der Waals surface area contributed by atoms with Gasteiger partial charge in [0.2, 0.25) is 5.95 Å². The molecule has 164 valence electrons. The molecule has 2 aliphatic heterocycles. The van der Waals surface area contributed by atoms with Crippen LogP contribution in [0.15, 0.2) is 36.5 Å². The number of carbonyl (C=O) groups is 1. The first-order valence-electron chi connectivity index (χ1n) is 10.6. The molecule has 1 saturated heterocycles. The average molecular weight is 423 g/mol. The first-order valence-corrected chi connectivity index (χ1v) is 10.6. The van der Waals surface area contributed by atoms with Gasteiger partial charge in [-0.15, -0.1) is 0 Å². The molecular formula is C23H30N6O2. The van der Waals surface area contributed by atoms with Crippen molar-refractivity contribution in [2.45, 2.75) is 26.4 Å². The van der Waals surface area contributed by atoms with Crippen molar-refractivity contribution in [3.8, 4) is 0 Å². The number of rotatable bonds is 4. The summed E-state index contributed by atoms with van der Waals surface area (Å²) in [5, 5.41) is 4.82. The van der Waals surface area contributed by atoms with Crippen LogP contribution in [0.4, 0.5) is 23.1 Å². The Kier molecular flexibility index (Phi) is 5.93. The number of hydroxylamine groups is 1. The summed E-state index contributed by atoms with van der Waals surface area (Å²) >= 11 is 0. The Morgan fingerprint density at radius 3 is 2.42 bits per heavy atom. The van der Waals surface area contributed by atoms with Crippen LogP contribution in [0.25, 0.3) is 6.08 Å². The lowest BCUT2D eigenvalue weighted by Gasteiger charge is -2.34. The maximum Gasteiger partial charge on any atom is 0.229 e. The smallest absolute Gasteiger partial charge is 0.229 e. The number of nitrogens with zero attached hydrogens (tertiary/aromatic N) is 5. The van der Waals surface area contributed by atoms with E-state index in [-0.39, 0.29) is 12.3 Å². The quantitative estimate of drug-likeness (QED) is 0.806. The van der Waals surface area contributed by atoms with Crippen LogP contribution >= 0.6 is 0 Å². The van der Waals surface area contributed by atoms with E-state index in [1.807, 2.05) is 32.9 Å². The van der Waals surface area contributed by atoms with E-state index in [1.54, 1.807) is 23.4 Å². The minimum absolute atomic E-state index is 0.0451. The molecule has 1 N–H and O–H groups in total. The van der Waals surface area contributed by atoms with E-state index in [0.29, 0.717) is 11.8 Å². The van der Waals surface area contributed by atoms with E-state index in [1.165, 1.54) is 5.69 Å². The number of piperazine rings is 1. The van der Waals surface area contributed by atoms with Crippen LogP contribution in [-0.4, -0.2) is 66.0 Å². The highest BCUT2D eigenvalue weighted by atomic mass is 16.7. The predicted octanol–water partition coefficient (Wildman–Crippen LogP) is 3.10. The molecule has 0 radical (unpaired) electrons. The Bertz CT molecular complexity index is 959. The van der Waals surface area contributed by atoms with E-state index in [9.17, 15) is 4.79 Å². The topological polar surface area (TPSA) is 73.8 Å². The molecular weight excluding hydrogens is 392 g/mol. The molecule has 0 amide bonds. The van der Waals surface area contributed by atoms with Crippen molar-refractivity contribution in [1.29, 1.82) is 0 Å². The van der Waals surface area contributed by atoms with Crippen LogP contribution < -0.4 is 15.3 Å². The maximum atomic E-state index is 12.1. The number of nitrogens with one attached hydrogen (secondary N) is 1. The van der Waals surface area contributed by atoms with Crippen LogP contribution in [-0.2, 0) is 9.63 Å². The van der Waals surface area contributed by atoms with E-state index in [0.717, 1.165) is 37.4 Å². The molecule has 3 heterocycles. The molecule has 8 nitrogen and oxygen atoms in total. The molecule has 31 heavy (non-hydrogen) atoms. The minimum atomic E-state index is -0.459. The largest absolute Gasteiger partial charge is 0.369 e. The summed E-state index contributed by atoms with van der Waals surface area (Å²) in [6.07, 6.45) is 4.98. The third-order valence-electron chi connectivity index (χ3n) is 5.16. The summed E-state index contributed by atoms with van der Waals surface area (Å²) in [5.41, 5.74) is 2.40. The number of fused-ring (bicyclic) bond motifs is 1. The van der Waals surface area contributed by atoms with Crippen molar-refractivity contribution in [3.05, 3.63) is 42.1 Å². The first-order chi connectivity index (χ1) is 14.8. The molecule has 0 aliphatic carbocycles. The van der Waals surface area contributed by atoms with Crippen LogP contribution in [0.1, 0.15) is 26.3 Å². The minimum Gasteiger partial charge on any atom is -0.369 e. The number of ketones is 1. The van der Waals surface area contributed by atoms with Crippen molar-refractivity contribution in [2.24, 2.45) is 0 Å². The normalized spacial score (nSPS) is 17.5. The highest BCUT2D eigenvalue weighted by Crippen LogP contribution is 2.27. The summed E-state index contributed by atoms with van der Waals surface area (Å²) in [7, 11) is 2.16. The van der Waals surface area contributed by atoms with Crippen molar-refractivity contribution < 1.29 is 9.63 Å². The second-order valence-corrected chi connectivity index (χ2v) is 8.97. The van der Waals surface area contributed by atoms with E-state index in [4.69, 9.17) is 4.84 Å². The fourth-order valence-electron chi connectivity index (χ4n) is 3.57. The second kappa shape index (κ2) is 8.64. The van der Waals surface area contributed by atoms with Gasteiger partial charge in [0.25, 0.3) is 0 Å². The number of anilines is 4. The first kappa shape index (κ1) is 21.3. The molecule has 8 heteroatoms. The number of carbonyl (C=O) groups excluding carboxylic acids is 1. The van der Waals surface area contributed by atoms with Gasteiger partial charge in [0, 0.05) is 49.3 Å². The lowest BCUT2D eigenvalue weighted by Crippen LogP contribution is -2.44. The Labute approximate surface area is 183 Å². The third kappa shape index (κ3) is 5.39. The van der Waals surface area contributed by atoms with Gasteiger partial charge in [-0.1, -0.05) is 0 Å². The van der Waals surface area contributed by atoms with Crippen LogP contribution in [0.3, 0.4) is 0 Å². The monoisotopic (exact) mass is 422 g/mol. The van der Waals surface area contributed by atoms with Crippen molar-refractivity contribution in [2.75, 3.05) is 55.1 Å². The zero-order chi connectivity index (χ0) is 22.0. The Morgan fingerprint density at radius 2 is 1.74 bits per heavy atom. The van der Waals surface area contributed by atoms with Crippen molar-refractivity contribution in [3.63, 3.8) is 0 Å². The van der Waals surface area contributed by atoms with Crippen molar-refractivity contribution in [1.82, 2.24) is 14.9 Å². The molecule has 2 aromatic rings. The Balaban J connectivity index is 1.51. The van der Waals surface area contributed by atoms with Gasteiger partial charge >= 0.3 is 0 Å². The molecule has 0 unspecified atom stereocenters. The van der Waals surface area contributed by atoms with Crippen molar-refractivity contribution >= 4 is 35.0 Å². The van der Waals surface area contributed by atoms with Gasteiger partial charge in [-0.2, -0.15) is 4.98 Å². The zero-order valence-corrected chi connectivity index (χ0v) is 18.6. The molecule has 0 saturated carbocycles. The van der Waals surface area contributed by atoms with Crippen LogP contribution in [0.5, 0.6) is 0 Å². The standard InChI is InChI=1S/C23H30N6O2/c1-23(2,3)31-29-16-20(30)10-5-17-15-24-22(26-21(17)29)25-18-6-8-19(9-7-18)28-13-11-27(4)12-14-28/h5-10,15H,11-14,16H2,1-4H3,(H,24,25,26). The Hall–Kier alpha value is -2.97. The molecule has 1 fully saturated rings. The molecule has 0 bridgehead atoms. The number of likely N-dealkylation sites (N-methyl/N-ethyl adjacent to an activating group) is 1. The van der Waals surface area contributed by atoms with Gasteiger partial charge in [-0.25, -0.2) is 10.0 Å². The molecule has 2 aliphatic rings. The fraction of sp³-hybridized carbons (Fsp3) is 0.435. The summed E-state index contributed by atoms with van der Waals surface area (Å²) in [6, 6.07) is 8.31. The summed E-state index contributed by atoms with van der Waals surface area (Å²) in [6.45, 7) is 10.2. The number of hydrogen-bond donors (Lipinski definition) is 1. The SMILES string of the molecule is CN1CCN(c2ccc(Nc3ncc4c(n3)N(OC(C)(C)C)CC(=O)C=C4)cc2)CC1. The van der Waals surface area contributed by atoms with E-state index < -0.39 is 5.60 Å². The highest BCUT2D eigenvalue weighted by Gasteiger charge is 2.25. The van der Waals surface area contributed by atoms with Gasteiger partial charge in [0.15, 0.2) is 11.6 Å². The highest BCUT2D eigenvalue weighted by molar-refractivity contribution is 5.98. The number of aromatic nitrogens is 2.